The second-order valence-corrected chi connectivity index (χ2v) is 5.12. The Morgan fingerprint density at radius 2 is 1.72 bits per heavy atom. The minimum Gasteiger partial charge on any atom is -0.491 e. The third-order valence-electron chi connectivity index (χ3n) is 3.11. The van der Waals surface area contributed by atoms with Crippen LogP contribution in [-0.4, -0.2) is 42.2 Å². The van der Waals surface area contributed by atoms with Crippen molar-refractivity contribution in [2.75, 3.05) is 26.2 Å². The minimum atomic E-state index is 0.230. The van der Waals surface area contributed by atoms with Crippen LogP contribution in [-0.2, 0) is 6.54 Å². The Bertz CT molecular complexity index is 356. The van der Waals surface area contributed by atoms with Crippen LogP contribution in [0.15, 0.2) is 24.3 Å². The van der Waals surface area contributed by atoms with Crippen molar-refractivity contribution in [1.29, 1.82) is 0 Å². The number of nitrogens with zero attached hydrogens (tertiary/aromatic N) is 2. The standard InChI is InChI=1S/C14H23N3O/c1-12(2)18-14-5-3-13(4-6-14)11-16-7-9-17(15)10-8-16/h3-6,12H,7-11,15H2,1-2H3. The zero-order chi connectivity index (χ0) is 13.0. The lowest BCUT2D eigenvalue weighted by Crippen LogP contribution is -2.48. The monoisotopic (exact) mass is 249 g/mol. The van der Waals surface area contributed by atoms with E-state index in [1.807, 2.05) is 18.9 Å². The van der Waals surface area contributed by atoms with Crippen LogP contribution in [0.4, 0.5) is 0 Å². The second kappa shape index (κ2) is 6.18. The molecule has 0 aliphatic carbocycles. The first kappa shape index (κ1) is 13.3. The molecule has 0 amide bonds. The molecule has 1 aliphatic heterocycles. The third-order valence-corrected chi connectivity index (χ3v) is 3.11. The van der Waals surface area contributed by atoms with Gasteiger partial charge in [-0.05, 0) is 31.5 Å². The molecular formula is C14H23N3O. The summed E-state index contributed by atoms with van der Waals surface area (Å²) in [5.41, 5.74) is 1.33. The van der Waals surface area contributed by atoms with Crippen LogP contribution in [0, 0.1) is 0 Å². The topological polar surface area (TPSA) is 41.7 Å². The number of benzene rings is 1. The molecule has 4 nitrogen and oxygen atoms in total. The fourth-order valence-corrected chi connectivity index (χ4v) is 2.13. The van der Waals surface area contributed by atoms with Crippen LogP contribution in [0.3, 0.4) is 0 Å². The van der Waals surface area contributed by atoms with Gasteiger partial charge in [0.25, 0.3) is 0 Å². The van der Waals surface area contributed by atoms with Crippen molar-refractivity contribution in [3.8, 4) is 5.75 Å². The molecule has 2 N–H and O–H groups in total. The fraction of sp³-hybridized carbons (Fsp3) is 0.571. The third kappa shape index (κ3) is 3.98. The van der Waals surface area contributed by atoms with E-state index in [1.165, 1.54) is 5.56 Å². The van der Waals surface area contributed by atoms with E-state index in [4.69, 9.17) is 10.6 Å². The highest BCUT2D eigenvalue weighted by Gasteiger charge is 2.14. The Labute approximate surface area is 109 Å². The molecule has 1 saturated heterocycles. The van der Waals surface area contributed by atoms with E-state index in [0.717, 1.165) is 38.5 Å². The van der Waals surface area contributed by atoms with Crippen molar-refractivity contribution in [2.24, 2.45) is 5.84 Å². The number of hydrogen-bond acceptors (Lipinski definition) is 4. The van der Waals surface area contributed by atoms with Crippen molar-refractivity contribution >= 4 is 0 Å². The average molecular weight is 249 g/mol. The zero-order valence-electron chi connectivity index (χ0n) is 11.3. The van der Waals surface area contributed by atoms with Crippen LogP contribution >= 0.6 is 0 Å². The maximum absolute atomic E-state index is 5.75. The van der Waals surface area contributed by atoms with Gasteiger partial charge in [-0.25, -0.2) is 5.01 Å². The summed E-state index contributed by atoms with van der Waals surface area (Å²) in [6, 6.07) is 8.39. The fourth-order valence-electron chi connectivity index (χ4n) is 2.13. The molecule has 1 aliphatic rings. The summed E-state index contributed by atoms with van der Waals surface area (Å²) < 4.78 is 5.64. The van der Waals surface area contributed by atoms with Crippen LogP contribution in [0.1, 0.15) is 19.4 Å². The van der Waals surface area contributed by atoms with E-state index in [0.29, 0.717) is 0 Å². The van der Waals surface area contributed by atoms with Crippen molar-refractivity contribution in [2.45, 2.75) is 26.5 Å². The van der Waals surface area contributed by atoms with E-state index >= 15 is 0 Å². The van der Waals surface area contributed by atoms with E-state index in [2.05, 4.69) is 29.2 Å². The van der Waals surface area contributed by atoms with Gasteiger partial charge in [-0.3, -0.25) is 10.7 Å². The van der Waals surface area contributed by atoms with E-state index in [-0.39, 0.29) is 6.10 Å². The lowest BCUT2D eigenvalue weighted by molar-refractivity contribution is 0.128. The van der Waals surface area contributed by atoms with Gasteiger partial charge in [-0.2, -0.15) is 0 Å². The molecule has 0 atom stereocenters. The number of ether oxygens (including phenoxy) is 1. The van der Waals surface area contributed by atoms with Crippen LogP contribution < -0.4 is 10.6 Å². The lowest BCUT2D eigenvalue weighted by Gasteiger charge is -2.31. The number of hydrazine groups is 1. The molecule has 100 valence electrons. The Morgan fingerprint density at radius 3 is 2.28 bits per heavy atom. The molecule has 0 spiro atoms. The summed E-state index contributed by atoms with van der Waals surface area (Å²) in [7, 11) is 0. The first-order valence-electron chi connectivity index (χ1n) is 6.61. The summed E-state index contributed by atoms with van der Waals surface area (Å²) in [4.78, 5) is 2.43. The van der Waals surface area contributed by atoms with Crippen molar-refractivity contribution < 1.29 is 4.74 Å². The zero-order valence-corrected chi connectivity index (χ0v) is 11.3. The summed E-state index contributed by atoms with van der Waals surface area (Å²) in [6.45, 7) is 9.07. The van der Waals surface area contributed by atoms with Crippen molar-refractivity contribution in [1.82, 2.24) is 9.91 Å². The maximum atomic E-state index is 5.75. The molecule has 18 heavy (non-hydrogen) atoms. The molecule has 0 saturated carbocycles. The first-order valence-corrected chi connectivity index (χ1v) is 6.61. The summed E-state index contributed by atoms with van der Waals surface area (Å²) in [5, 5.41) is 1.88. The van der Waals surface area contributed by atoms with Crippen molar-refractivity contribution in [3.05, 3.63) is 29.8 Å². The van der Waals surface area contributed by atoms with Gasteiger partial charge < -0.3 is 4.74 Å². The predicted molar refractivity (Wildman–Crippen MR) is 73.2 cm³/mol. The van der Waals surface area contributed by atoms with Crippen LogP contribution in [0.25, 0.3) is 0 Å². The minimum absolute atomic E-state index is 0.230. The molecule has 1 aromatic rings. The van der Waals surface area contributed by atoms with Gasteiger partial charge >= 0.3 is 0 Å². The van der Waals surface area contributed by atoms with Gasteiger partial charge in [-0.15, -0.1) is 0 Å². The number of piperazine rings is 1. The summed E-state index contributed by atoms with van der Waals surface area (Å²) in [5.74, 6) is 6.69. The number of rotatable bonds is 4. The first-order chi connectivity index (χ1) is 8.63. The highest BCUT2D eigenvalue weighted by Crippen LogP contribution is 2.15. The lowest BCUT2D eigenvalue weighted by atomic mass is 10.2. The van der Waals surface area contributed by atoms with Gasteiger partial charge in [0.1, 0.15) is 5.75 Å². The van der Waals surface area contributed by atoms with Gasteiger partial charge in [0.15, 0.2) is 0 Å². The van der Waals surface area contributed by atoms with E-state index < -0.39 is 0 Å². The highest BCUT2D eigenvalue weighted by atomic mass is 16.5. The normalized spacial score (nSPS) is 18.2. The molecular weight excluding hydrogens is 226 g/mol. The molecule has 4 heteroatoms. The largest absolute Gasteiger partial charge is 0.491 e. The molecule has 0 aromatic heterocycles. The van der Waals surface area contributed by atoms with Gasteiger partial charge in [0.05, 0.1) is 6.10 Å². The summed E-state index contributed by atoms with van der Waals surface area (Å²) in [6.07, 6.45) is 0.230. The Balaban J connectivity index is 1.86. The second-order valence-electron chi connectivity index (χ2n) is 5.12. The smallest absolute Gasteiger partial charge is 0.119 e. The quantitative estimate of drug-likeness (QED) is 0.820. The molecule has 1 heterocycles. The van der Waals surface area contributed by atoms with Crippen molar-refractivity contribution in [3.63, 3.8) is 0 Å². The van der Waals surface area contributed by atoms with Gasteiger partial charge in [-0.1, -0.05) is 12.1 Å². The van der Waals surface area contributed by atoms with E-state index in [1.54, 1.807) is 0 Å². The van der Waals surface area contributed by atoms with Gasteiger partial charge in [0, 0.05) is 32.7 Å². The molecule has 0 radical (unpaired) electrons. The van der Waals surface area contributed by atoms with E-state index in [9.17, 15) is 0 Å². The molecule has 0 bridgehead atoms. The summed E-state index contributed by atoms with van der Waals surface area (Å²) >= 11 is 0. The Hall–Kier alpha value is -1.10. The SMILES string of the molecule is CC(C)Oc1ccc(CN2CCN(N)CC2)cc1. The average Bonchev–Trinajstić information content (AvgIpc) is 2.34. The van der Waals surface area contributed by atoms with Gasteiger partial charge in [0.2, 0.25) is 0 Å². The number of nitrogens with two attached hydrogens (primary N) is 1. The Kier molecular flexibility index (Phi) is 4.58. The Morgan fingerprint density at radius 1 is 1.11 bits per heavy atom. The maximum Gasteiger partial charge on any atom is 0.119 e. The predicted octanol–water partition coefficient (Wildman–Crippen LogP) is 1.47. The van der Waals surface area contributed by atoms with Crippen LogP contribution in [0.5, 0.6) is 5.75 Å². The number of hydrogen-bond donors (Lipinski definition) is 1. The molecule has 0 unspecified atom stereocenters. The van der Waals surface area contributed by atoms with Crippen LogP contribution in [0.2, 0.25) is 0 Å². The highest BCUT2D eigenvalue weighted by molar-refractivity contribution is 5.27. The molecule has 2 rings (SSSR count). The molecule has 1 aromatic carbocycles. The molecule has 1 fully saturated rings.